The number of H-pyrrole nitrogens is 1. The Morgan fingerprint density at radius 2 is 1.56 bits per heavy atom. The standard InChI is InChI=1S/C33H37ClF6N6O6/c1-19(24-16-41-25-9-7-6-8-23(24)25)27(28(47)44-18-20(17-43(4)5)14-21-15-22(34)10-11-26(21)44)46(52-30(49)33(38,39)40)31(50)45(13-12-42(2)3)51-29(48)32(35,36)37/h6-11,15-16,19-20,27,41H,12-14,17-18H2,1-5H3/t19?,20-,27?/m1/s1. The minimum absolute atomic E-state index is 0.0224. The van der Waals surface area contributed by atoms with E-state index in [9.17, 15) is 45.5 Å². The molecule has 1 aromatic heterocycles. The van der Waals surface area contributed by atoms with Crippen molar-refractivity contribution in [2.24, 2.45) is 5.92 Å². The summed E-state index contributed by atoms with van der Waals surface area (Å²) >= 11 is 6.28. The van der Waals surface area contributed by atoms with Gasteiger partial charge in [0.15, 0.2) is 6.04 Å². The molecule has 52 heavy (non-hydrogen) atoms. The lowest BCUT2D eigenvalue weighted by Crippen LogP contribution is -2.60. The van der Waals surface area contributed by atoms with Crippen LogP contribution in [0.2, 0.25) is 5.02 Å². The third-order valence-electron chi connectivity index (χ3n) is 8.25. The average molecular weight is 763 g/mol. The Kier molecular flexibility index (Phi) is 12.4. The molecular weight excluding hydrogens is 726 g/mol. The molecule has 0 spiro atoms. The van der Waals surface area contributed by atoms with Crippen molar-refractivity contribution in [3.63, 3.8) is 0 Å². The Morgan fingerprint density at radius 1 is 0.923 bits per heavy atom. The van der Waals surface area contributed by atoms with E-state index in [0.29, 0.717) is 40.1 Å². The van der Waals surface area contributed by atoms with E-state index >= 15 is 0 Å². The zero-order chi connectivity index (χ0) is 38.7. The molecule has 19 heteroatoms. The number of nitrogens with zero attached hydrogens (tertiary/aromatic N) is 5. The summed E-state index contributed by atoms with van der Waals surface area (Å²) < 4.78 is 81.6. The highest BCUT2D eigenvalue weighted by Gasteiger charge is 2.51. The lowest BCUT2D eigenvalue weighted by Gasteiger charge is -2.41. The van der Waals surface area contributed by atoms with E-state index in [4.69, 9.17) is 11.6 Å². The van der Waals surface area contributed by atoms with Gasteiger partial charge in [-0.3, -0.25) is 4.79 Å². The number of benzene rings is 2. The number of halogens is 7. The molecule has 0 aliphatic carbocycles. The number of aromatic nitrogens is 1. The number of amides is 3. The topological polar surface area (TPSA) is 119 Å². The highest BCUT2D eigenvalue weighted by Crippen LogP contribution is 2.37. The SMILES string of the molecule is CC(c1c[nH]c2ccccc12)C(C(=O)N1C[C@@H](CN(C)C)Cc2cc(Cl)ccc21)N(OC(=O)C(F)(F)F)C(=O)N(CCN(C)C)OC(=O)C(F)(F)F. The number of para-hydroxylation sites is 1. The quantitative estimate of drug-likeness (QED) is 0.228. The summed E-state index contributed by atoms with van der Waals surface area (Å²) in [6, 6.07) is 7.11. The largest absolute Gasteiger partial charge is 0.493 e. The van der Waals surface area contributed by atoms with Gasteiger partial charge in [0.05, 0.1) is 6.54 Å². The average Bonchev–Trinajstić information content (AvgIpc) is 3.48. The number of likely N-dealkylation sites (N-methyl/N-ethyl adjacent to an activating group) is 1. The first-order chi connectivity index (χ1) is 24.2. The number of hydrogen-bond acceptors (Lipinski definition) is 8. The summed E-state index contributed by atoms with van der Waals surface area (Å²) in [6.45, 7) is 0.671. The maximum atomic E-state index is 15.0. The van der Waals surface area contributed by atoms with Crippen LogP contribution in [0.5, 0.6) is 0 Å². The molecule has 12 nitrogen and oxygen atoms in total. The zero-order valence-electron chi connectivity index (χ0n) is 28.7. The molecule has 0 bridgehead atoms. The Morgan fingerprint density at radius 3 is 2.17 bits per heavy atom. The first-order valence-corrected chi connectivity index (χ1v) is 16.2. The van der Waals surface area contributed by atoms with Gasteiger partial charge in [-0.05, 0) is 75.9 Å². The summed E-state index contributed by atoms with van der Waals surface area (Å²) in [6.07, 6.45) is -9.50. The van der Waals surface area contributed by atoms with Gasteiger partial charge in [-0.2, -0.15) is 26.3 Å². The highest BCUT2D eigenvalue weighted by atomic mass is 35.5. The van der Waals surface area contributed by atoms with Crippen LogP contribution >= 0.6 is 11.6 Å². The third-order valence-corrected chi connectivity index (χ3v) is 8.49. The fraction of sp³-hybridized carbons (Fsp3) is 0.455. The molecular formula is C33H37ClF6N6O6. The van der Waals surface area contributed by atoms with E-state index in [0.717, 1.165) is 0 Å². The number of carbonyl (C=O) groups excluding carboxylic acids is 4. The van der Waals surface area contributed by atoms with Crippen molar-refractivity contribution in [1.82, 2.24) is 24.9 Å². The summed E-state index contributed by atoms with van der Waals surface area (Å²) in [7, 11) is 6.49. The fourth-order valence-electron chi connectivity index (χ4n) is 5.97. The van der Waals surface area contributed by atoms with Gasteiger partial charge in [0.25, 0.3) is 5.91 Å². The van der Waals surface area contributed by atoms with Gasteiger partial charge >= 0.3 is 30.3 Å². The van der Waals surface area contributed by atoms with Gasteiger partial charge in [0.2, 0.25) is 0 Å². The maximum Gasteiger partial charge on any atom is 0.493 e. The first kappa shape index (κ1) is 40.2. The first-order valence-electron chi connectivity index (χ1n) is 15.8. The molecule has 0 radical (unpaired) electrons. The molecule has 1 N–H and O–H groups in total. The Hall–Kier alpha value is -4.55. The predicted octanol–water partition coefficient (Wildman–Crippen LogP) is 5.39. The summed E-state index contributed by atoms with van der Waals surface area (Å²) in [5, 5.41) is 0.362. The van der Waals surface area contributed by atoms with Crippen molar-refractivity contribution < 1.29 is 55.2 Å². The number of urea groups is 1. The van der Waals surface area contributed by atoms with Crippen LogP contribution in [-0.4, -0.2) is 122 Å². The molecule has 1 aliphatic rings. The minimum Gasteiger partial charge on any atom is -0.361 e. The fourth-order valence-corrected chi connectivity index (χ4v) is 6.16. The van der Waals surface area contributed by atoms with Crippen LogP contribution in [0.3, 0.4) is 0 Å². The second kappa shape index (κ2) is 16.0. The monoisotopic (exact) mass is 762 g/mol. The molecule has 3 atom stereocenters. The van der Waals surface area contributed by atoms with E-state index in [2.05, 4.69) is 14.7 Å². The van der Waals surface area contributed by atoms with Gasteiger partial charge in [-0.25, -0.2) is 14.4 Å². The van der Waals surface area contributed by atoms with Crippen LogP contribution in [0.4, 0.5) is 36.8 Å². The smallest absolute Gasteiger partial charge is 0.361 e. The Balaban J connectivity index is 1.94. The van der Waals surface area contributed by atoms with Crippen LogP contribution in [0.15, 0.2) is 48.7 Å². The van der Waals surface area contributed by atoms with Gasteiger partial charge in [-0.1, -0.05) is 36.7 Å². The number of hydrogen-bond donors (Lipinski definition) is 1. The van der Waals surface area contributed by atoms with E-state index < -0.39 is 54.7 Å². The molecule has 2 aromatic carbocycles. The molecule has 2 unspecified atom stereocenters. The maximum absolute atomic E-state index is 15.0. The van der Waals surface area contributed by atoms with Crippen LogP contribution in [0.1, 0.15) is 24.0 Å². The van der Waals surface area contributed by atoms with Crippen LogP contribution in [0, 0.1) is 5.92 Å². The van der Waals surface area contributed by atoms with Crippen molar-refractivity contribution in [3.8, 4) is 0 Å². The van der Waals surface area contributed by atoms with Crippen LogP contribution in [0.25, 0.3) is 10.9 Å². The lowest BCUT2D eigenvalue weighted by atomic mass is 9.88. The molecule has 0 saturated carbocycles. The Bertz CT molecular complexity index is 1780. The number of alkyl halides is 6. The van der Waals surface area contributed by atoms with Crippen molar-refractivity contribution in [3.05, 3.63) is 64.8 Å². The molecule has 0 fully saturated rings. The number of rotatable bonds is 9. The third kappa shape index (κ3) is 9.46. The van der Waals surface area contributed by atoms with Gasteiger partial charge in [0.1, 0.15) is 0 Å². The van der Waals surface area contributed by atoms with E-state index in [1.807, 2.05) is 4.90 Å². The summed E-state index contributed by atoms with van der Waals surface area (Å²) in [4.78, 5) is 70.0. The summed E-state index contributed by atoms with van der Waals surface area (Å²) in [5.41, 5.74) is 1.70. The molecule has 284 valence electrons. The highest BCUT2D eigenvalue weighted by molar-refractivity contribution is 6.30. The number of carbonyl (C=O) groups is 4. The number of fused-ring (bicyclic) bond motifs is 2. The molecule has 4 rings (SSSR count). The van der Waals surface area contributed by atoms with Crippen LogP contribution in [-0.2, 0) is 30.5 Å². The lowest BCUT2D eigenvalue weighted by molar-refractivity contribution is -0.249. The van der Waals surface area contributed by atoms with Gasteiger partial charge in [0, 0.05) is 53.4 Å². The predicted molar refractivity (Wildman–Crippen MR) is 177 cm³/mol. The number of hydroxylamine groups is 4. The number of aromatic amines is 1. The molecule has 3 amide bonds. The minimum atomic E-state index is -5.74. The second-order valence-corrected chi connectivity index (χ2v) is 13.3. The van der Waals surface area contributed by atoms with E-state index in [-0.39, 0.29) is 34.7 Å². The van der Waals surface area contributed by atoms with Crippen molar-refractivity contribution >= 4 is 52.1 Å². The van der Waals surface area contributed by atoms with Gasteiger partial charge < -0.3 is 29.4 Å². The number of anilines is 1. The second-order valence-electron chi connectivity index (χ2n) is 12.8. The van der Waals surface area contributed by atoms with Crippen molar-refractivity contribution in [1.29, 1.82) is 0 Å². The zero-order valence-corrected chi connectivity index (χ0v) is 29.5. The van der Waals surface area contributed by atoms with E-state index in [1.54, 1.807) is 44.4 Å². The molecule has 2 heterocycles. The Labute approximate surface area is 299 Å². The number of nitrogens with one attached hydrogen (secondary N) is 1. The van der Waals surface area contributed by atoms with Crippen molar-refractivity contribution in [2.75, 3.05) is 59.3 Å². The molecule has 1 aliphatic heterocycles. The van der Waals surface area contributed by atoms with Crippen LogP contribution < -0.4 is 4.90 Å². The summed E-state index contributed by atoms with van der Waals surface area (Å²) in [5.74, 6) is -8.48. The molecule has 0 saturated heterocycles. The van der Waals surface area contributed by atoms with Crippen molar-refractivity contribution in [2.45, 2.75) is 37.7 Å². The molecule has 3 aromatic rings. The van der Waals surface area contributed by atoms with Gasteiger partial charge in [-0.15, -0.1) is 10.1 Å². The normalized spacial score (nSPS) is 16.0. The van der Waals surface area contributed by atoms with E-state index in [1.165, 1.54) is 49.1 Å².